The van der Waals surface area contributed by atoms with Crippen molar-refractivity contribution in [1.29, 1.82) is 0 Å². The van der Waals surface area contributed by atoms with E-state index in [0.29, 0.717) is 17.1 Å². The van der Waals surface area contributed by atoms with Crippen molar-refractivity contribution in [3.8, 4) is 22.0 Å². The average molecular weight is 466 g/mol. The van der Waals surface area contributed by atoms with Gasteiger partial charge in [0.1, 0.15) is 5.01 Å². The van der Waals surface area contributed by atoms with E-state index in [2.05, 4.69) is 27.9 Å². The van der Waals surface area contributed by atoms with Gasteiger partial charge in [-0.15, -0.1) is 17.9 Å². The van der Waals surface area contributed by atoms with Crippen LogP contribution in [0.3, 0.4) is 0 Å². The van der Waals surface area contributed by atoms with Crippen LogP contribution in [0.25, 0.3) is 22.0 Å². The molecule has 1 aliphatic carbocycles. The highest BCUT2D eigenvalue weighted by molar-refractivity contribution is 7.13. The molecule has 0 saturated carbocycles. The van der Waals surface area contributed by atoms with Crippen molar-refractivity contribution in [3.05, 3.63) is 76.3 Å². The molecule has 1 N–H and O–H groups in total. The Kier molecular flexibility index (Phi) is 7.28. The minimum atomic E-state index is -0.0826. The van der Waals surface area contributed by atoms with Crippen molar-refractivity contribution in [1.82, 2.24) is 14.9 Å². The number of allylic oxidation sites excluding steroid dienone is 2. The van der Waals surface area contributed by atoms with Gasteiger partial charge >= 0.3 is 0 Å². The van der Waals surface area contributed by atoms with Crippen LogP contribution in [-0.2, 0) is 6.54 Å². The zero-order valence-electron chi connectivity index (χ0n) is 18.4. The van der Waals surface area contributed by atoms with Crippen LogP contribution in [0, 0.1) is 6.92 Å². The highest BCUT2D eigenvalue weighted by Gasteiger charge is 2.21. The summed E-state index contributed by atoms with van der Waals surface area (Å²) < 4.78 is 2.24. The smallest absolute Gasteiger partial charge is 0.253 e. The second-order valence-electron chi connectivity index (χ2n) is 8.05. The van der Waals surface area contributed by atoms with Gasteiger partial charge in [-0.05, 0) is 51.2 Å². The lowest BCUT2D eigenvalue weighted by Gasteiger charge is -2.15. The summed E-state index contributed by atoms with van der Waals surface area (Å²) in [6, 6.07) is 9.72. The zero-order chi connectivity index (χ0) is 22.5. The molecule has 3 aromatic rings. The fourth-order valence-electron chi connectivity index (χ4n) is 4.17. The van der Waals surface area contributed by atoms with E-state index in [1.54, 1.807) is 17.4 Å². The van der Waals surface area contributed by atoms with E-state index in [4.69, 9.17) is 16.6 Å². The Morgan fingerprint density at radius 3 is 2.94 bits per heavy atom. The van der Waals surface area contributed by atoms with Crippen molar-refractivity contribution in [2.75, 3.05) is 6.54 Å². The van der Waals surface area contributed by atoms with Crippen molar-refractivity contribution in [2.45, 2.75) is 45.6 Å². The molecular weight excluding hydrogens is 438 g/mol. The van der Waals surface area contributed by atoms with E-state index in [1.165, 1.54) is 31.3 Å². The Hall–Kier alpha value is -2.63. The van der Waals surface area contributed by atoms with Crippen molar-refractivity contribution < 1.29 is 4.79 Å². The zero-order valence-corrected chi connectivity index (χ0v) is 19.9. The average Bonchev–Trinajstić information content (AvgIpc) is 3.42. The second-order valence-corrected chi connectivity index (χ2v) is 9.32. The third-order valence-corrected chi connectivity index (χ3v) is 7.14. The molecule has 0 fully saturated rings. The molecule has 1 aromatic carbocycles. The van der Waals surface area contributed by atoms with Gasteiger partial charge in [-0.1, -0.05) is 47.5 Å². The van der Waals surface area contributed by atoms with E-state index in [0.717, 1.165) is 40.6 Å². The molecule has 2 aromatic heterocycles. The van der Waals surface area contributed by atoms with Crippen LogP contribution in [0.5, 0.6) is 0 Å². The van der Waals surface area contributed by atoms with Crippen LogP contribution in [-0.4, -0.2) is 22.0 Å². The summed E-state index contributed by atoms with van der Waals surface area (Å²) >= 11 is 7.96. The predicted molar refractivity (Wildman–Crippen MR) is 134 cm³/mol. The second kappa shape index (κ2) is 10.3. The summed E-state index contributed by atoms with van der Waals surface area (Å²) in [7, 11) is 0. The molecule has 0 saturated heterocycles. The molecule has 4 nitrogen and oxygen atoms in total. The Morgan fingerprint density at radius 2 is 2.19 bits per heavy atom. The van der Waals surface area contributed by atoms with Crippen molar-refractivity contribution in [3.63, 3.8) is 0 Å². The van der Waals surface area contributed by atoms with Crippen molar-refractivity contribution >= 4 is 28.8 Å². The van der Waals surface area contributed by atoms with Crippen LogP contribution in [0.15, 0.2) is 60.0 Å². The number of benzene rings is 1. The van der Waals surface area contributed by atoms with E-state index in [-0.39, 0.29) is 5.91 Å². The maximum absolute atomic E-state index is 12.8. The molecule has 0 radical (unpaired) electrons. The highest BCUT2D eigenvalue weighted by atomic mass is 35.5. The van der Waals surface area contributed by atoms with E-state index in [1.807, 2.05) is 37.3 Å². The maximum atomic E-state index is 12.8. The number of carbonyl (C=O) groups excluding carboxylic acids is 1. The number of nitrogens with zero attached hydrogens (tertiary/aromatic N) is 2. The van der Waals surface area contributed by atoms with E-state index in [9.17, 15) is 4.79 Å². The number of carbonyl (C=O) groups is 1. The Bertz CT molecular complexity index is 1160. The summed E-state index contributed by atoms with van der Waals surface area (Å²) in [6.07, 6.45) is 9.98. The van der Waals surface area contributed by atoms with Crippen LogP contribution in [0.4, 0.5) is 0 Å². The third-order valence-electron chi connectivity index (χ3n) is 5.93. The van der Waals surface area contributed by atoms with Gasteiger partial charge in [0.15, 0.2) is 0 Å². The minimum absolute atomic E-state index is 0.0826. The lowest BCUT2D eigenvalue weighted by Crippen LogP contribution is -2.23. The van der Waals surface area contributed by atoms with Crippen LogP contribution in [0.2, 0.25) is 5.02 Å². The topological polar surface area (TPSA) is 46.9 Å². The lowest BCUT2D eigenvalue weighted by molar-refractivity contribution is 0.0957. The number of amides is 1. The van der Waals surface area contributed by atoms with E-state index >= 15 is 0 Å². The summed E-state index contributed by atoms with van der Waals surface area (Å²) in [5.74, 6) is -0.0826. The number of rotatable bonds is 8. The lowest BCUT2D eigenvalue weighted by atomic mass is 9.97. The Balaban J connectivity index is 1.69. The molecule has 2 heterocycles. The molecule has 4 rings (SSSR count). The number of thiazole rings is 1. The van der Waals surface area contributed by atoms with Crippen LogP contribution in [0.1, 0.15) is 48.2 Å². The maximum Gasteiger partial charge on any atom is 0.253 e. The molecule has 1 amide bonds. The van der Waals surface area contributed by atoms with Gasteiger partial charge in [0.2, 0.25) is 0 Å². The summed E-state index contributed by atoms with van der Waals surface area (Å²) in [6.45, 7) is 6.99. The molecule has 0 spiro atoms. The Labute approximate surface area is 198 Å². The quantitative estimate of drug-likeness (QED) is 0.362. The van der Waals surface area contributed by atoms with Gasteiger partial charge in [-0.2, -0.15) is 0 Å². The number of hydrogen-bond acceptors (Lipinski definition) is 3. The summed E-state index contributed by atoms with van der Waals surface area (Å²) in [4.78, 5) is 17.7. The molecule has 0 atom stereocenters. The Morgan fingerprint density at radius 1 is 1.34 bits per heavy atom. The molecular formula is C26H28ClN3OS. The van der Waals surface area contributed by atoms with E-state index < -0.39 is 0 Å². The van der Waals surface area contributed by atoms with Gasteiger partial charge < -0.3 is 9.88 Å². The van der Waals surface area contributed by atoms with Crippen molar-refractivity contribution in [2.24, 2.45) is 0 Å². The van der Waals surface area contributed by atoms with Crippen LogP contribution < -0.4 is 5.32 Å². The van der Waals surface area contributed by atoms with Gasteiger partial charge in [0.25, 0.3) is 5.91 Å². The standard InChI is InChI=1S/C26H28ClN3OS/c1-3-14-28-25(31)21-16-24(30(18(21)2)15-13-19-9-5-4-6-10-19)23-17-32-26(29-23)20-11-7-8-12-22(20)27/h3,7-9,11-12,16-17H,1,4-6,10,13-15H2,2H3,(H,28,31). The first-order valence-corrected chi connectivity index (χ1v) is 12.3. The molecule has 0 unspecified atom stereocenters. The van der Waals surface area contributed by atoms with Gasteiger partial charge in [0, 0.05) is 29.7 Å². The number of halogens is 1. The largest absolute Gasteiger partial charge is 0.349 e. The minimum Gasteiger partial charge on any atom is -0.349 e. The monoisotopic (exact) mass is 465 g/mol. The van der Waals surface area contributed by atoms with Crippen LogP contribution >= 0.6 is 22.9 Å². The molecule has 1 aliphatic rings. The normalized spacial score (nSPS) is 13.6. The fourth-order valence-corrected chi connectivity index (χ4v) is 5.31. The first kappa shape index (κ1) is 22.6. The number of nitrogens with one attached hydrogen (secondary N) is 1. The summed E-state index contributed by atoms with van der Waals surface area (Å²) in [5.41, 5.74) is 5.93. The molecule has 0 bridgehead atoms. The predicted octanol–water partition coefficient (Wildman–Crippen LogP) is 7.05. The van der Waals surface area contributed by atoms with Gasteiger partial charge in [0.05, 0.1) is 22.0 Å². The third kappa shape index (κ3) is 4.89. The van der Waals surface area contributed by atoms with Gasteiger partial charge in [-0.25, -0.2) is 4.98 Å². The molecule has 166 valence electrons. The molecule has 0 aliphatic heterocycles. The first-order chi connectivity index (χ1) is 15.6. The highest BCUT2D eigenvalue weighted by Crippen LogP contribution is 2.35. The molecule has 6 heteroatoms. The molecule has 32 heavy (non-hydrogen) atoms. The fraction of sp³-hybridized carbons (Fsp3) is 0.308. The number of aromatic nitrogens is 2. The van der Waals surface area contributed by atoms with Gasteiger partial charge in [-0.3, -0.25) is 4.79 Å². The SMILES string of the molecule is C=CCNC(=O)c1cc(-c2csc(-c3ccccc3Cl)n2)n(CCC2=CCCCC2)c1C. The number of hydrogen-bond donors (Lipinski definition) is 1. The first-order valence-electron chi connectivity index (χ1n) is 11.1. The summed E-state index contributed by atoms with van der Waals surface area (Å²) in [5, 5.41) is 6.53.